The minimum atomic E-state index is 0.496. The van der Waals surface area contributed by atoms with Gasteiger partial charge in [-0.25, -0.2) is 0 Å². The number of nitrogens with one attached hydrogen (secondary N) is 1. The van der Waals surface area contributed by atoms with E-state index in [1.54, 1.807) is 12.3 Å². The van der Waals surface area contributed by atoms with E-state index in [9.17, 15) is 0 Å². The average molecular weight is 294 g/mol. The van der Waals surface area contributed by atoms with Crippen molar-refractivity contribution in [3.05, 3.63) is 22.8 Å². The van der Waals surface area contributed by atoms with Crippen LogP contribution in [0.1, 0.15) is 18.9 Å². The monoisotopic (exact) mass is 293 g/mol. The van der Waals surface area contributed by atoms with Gasteiger partial charge >= 0.3 is 0 Å². The van der Waals surface area contributed by atoms with Crippen molar-refractivity contribution in [3.8, 4) is 22.6 Å². The summed E-state index contributed by atoms with van der Waals surface area (Å²) in [5.74, 6) is 1.97. The lowest BCUT2D eigenvalue weighted by molar-refractivity contribution is 0.296. The number of H-pyrrole nitrogens is 1. The Morgan fingerprint density at radius 1 is 1.40 bits per heavy atom. The number of aromatic nitrogens is 2. The van der Waals surface area contributed by atoms with Crippen LogP contribution in [0.4, 0.5) is 5.82 Å². The largest absolute Gasteiger partial charge is 0.489 e. The van der Waals surface area contributed by atoms with Crippen molar-refractivity contribution in [1.29, 1.82) is 0 Å². The van der Waals surface area contributed by atoms with Gasteiger partial charge in [-0.05, 0) is 6.42 Å². The summed E-state index contributed by atoms with van der Waals surface area (Å²) in [6.07, 6.45) is 3.31. The molecule has 0 amide bonds. The highest BCUT2D eigenvalue weighted by molar-refractivity contribution is 6.34. The minimum Gasteiger partial charge on any atom is -0.489 e. The second-order valence-electron chi connectivity index (χ2n) is 4.64. The van der Waals surface area contributed by atoms with E-state index in [0.29, 0.717) is 29.8 Å². The molecular formula is C14H16ClN3O2. The number of rotatable bonds is 2. The number of fused-ring (bicyclic) bond motifs is 1. The number of halogens is 1. The normalized spacial score (nSPS) is 14.1. The molecular weight excluding hydrogens is 278 g/mol. The van der Waals surface area contributed by atoms with Crippen molar-refractivity contribution >= 4 is 17.4 Å². The van der Waals surface area contributed by atoms with E-state index in [1.807, 2.05) is 0 Å². The van der Waals surface area contributed by atoms with Crippen molar-refractivity contribution in [2.75, 3.05) is 18.9 Å². The van der Waals surface area contributed by atoms with Crippen LogP contribution in [0.25, 0.3) is 11.1 Å². The number of nitrogens with zero attached hydrogens (tertiary/aromatic N) is 1. The molecule has 20 heavy (non-hydrogen) atoms. The van der Waals surface area contributed by atoms with E-state index < -0.39 is 0 Å². The van der Waals surface area contributed by atoms with Crippen molar-refractivity contribution in [2.45, 2.75) is 19.8 Å². The fourth-order valence-corrected chi connectivity index (χ4v) is 2.78. The van der Waals surface area contributed by atoms with Gasteiger partial charge in [-0.1, -0.05) is 18.5 Å². The van der Waals surface area contributed by atoms with Crippen LogP contribution in [-0.2, 0) is 6.42 Å². The molecule has 2 aromatic rings. The first-order chi connectivity index (χ1) is 9.72. The highest BCUT2D eigenvalue weighted by Gasteiger charge is 2.23. The molecule has 5 nitrogen and oxygen atoms in total. The Morgan fingerprint density at radius 3 is 2.90 bits per heavy atom. The third-order valence-corrected chi connectivity index (χ3v) is 3.68. The Bertz CT molecular complexity index is 640. The number of ether oxygens (including phenoxy) is 2. The van der Waals surface area contributed by atoms with E-state index >= 15 is 0 Å². The zero-order valence-corrected chi connectivity index (χ0v) is 12.0. The lowest BCUT2D eigenvalue weighted by Crippen LogP contribution is -2.00. The van der Waals surface area contributed by atoms with Crippen LogP contribution in [0.3, 0.4) is 0 Å². The molecule has 0 unspecified atom stereocenters. The van der Waals surface area contributed by atoms with E-state index in [0.717, 1.165) is 35.3 Å². The number of hydrogen-bond donors (Lipinski definition) is 2. The Hall–Kier alpha value is -1.88. The van der Waals surface area contributed by atoms with Crippen LogP contribution in [0, 0.1) is 0 Å². The predicted molar refractivity (Wildman–Crippen MR) is 78.4 cm³/mol. The Balaban J connectivity index is 2.24. The molecule has 1 aliphatic heterocycles. The van der Waals surface area contributed by atoms with Crippen LogP contribution < -0.4 is 15.2 Å². The summed E-state index contributed by atoms with van der Waals surface area (Å²) in [7, 11) is 0. The van der Waals surface area contributed by atoms with Crippen molar-refractivity contribution in [2.24, 2.45) is 0 Å². The van der Waals surface area contributed by atoms with Gasteiger partial charge in [0.15, 0.2) is 11.5 Å². The zero-order chi connectivity index (χ0) is 14.1. The van der Waals surface area contributed by atoms with Gasteiger partial charge in [-0.3, -0.25) is 5.10 Å². The smallest absolute Gasteiger partial charge is 0.165 e. The number of anilines is 1. The number of aromatic amines is 1. The summed E-state index contributed by atoms with van der Waals surface area (Å²) in [6.45, 7) is 3.33. The average Bonchev–Trinajstić information content (AvgIpc) is 2.71. The molecule has 0 saturated heterocycles. The zero-order valence-electron chi connectivity index (χ0n) is 11.2. The van der Waals surface area contributed by atoms with Crippen LogP contribution in [0.15, 0.2) is 12.3 Å². The molecule has 6 heteroatoms. The molecule has 0 spiro atoms. The third kappa shape index (κ3) is 2.08. The molecule has 1 aromatic heterocycles. The second-order valence-corrected chi connectivity index (χ2v) is 5.05. The third-order valence-electron chi connectivity index (χ3n) is 3.38. The first kappa shape index (κ1) is 13.1. The molecule has 3 rings (SSSR count). The van der Waals surface area contributed by atoms with Gasteiger partial charge < -0.3 is 15.2 Å². The van der Waals surface area contributed by atoms with Gasteiger partial charge in [-0.15, -0.1) is 0 Å². The molecule has 0 atom stereocenters. The number of hydrogen-bond acceptors (Lipinski definition) is 4. The highest BCUT2D eigenvalue weighted by atomic mass is 35.5. The lowest BCUT2D eigenvalue weighted by atomic mass is 9.98. The van der Waals surface area contributed by atoms with Crippen LogP contribution in [0.5, 0.6) is 11.5 Å². The first-order valence-electron chi connectivity index (χ1n) is 6.62. The second kappa shape index (κ2) is 5.25. The van der Waals surface area contributed by atoms with Crippen molar-refractivity contribution in [1.82, 2.24) is 10.2 Å². The maximum Gasteiger partial charge on any atom is 0.165 e. The van der Waals surface area contributed by atoms with Gasteiger partial charge in [0.05, 0.1) is 24.4 Å². The summed E-state index contributed by atoms with van der Waals surface area (Å²) in [5.41, 5.74) is 8.58. The summed E-state index contributed by atoms with van der Waals surface area (Å²) in [4.78, 5) is 0. The van der Waals surface area contributed by atoms with Gasteiger partial charge in [0.2, 0.25) is 0 Å². The fraction of sp³-hybridized carbons (Fsp3) is 0.357. The maximum atomic E-state index is 6.43. The van der Waals surface area contributed by atoms with E-state index in [4.69, 9.17) is 26.8 Å². The fourth-order valence-electron chi connectivity index (χ4n) is 2.46. The molecule has 0 radical (unpaired) electrons. The lowest BCUT2D eigenvalue weighted by Gasteiger charge is -2.17. The summed E-state index contributed by atoms with van der Waals surface area (Å²) in [5, 5.41) is 7.30. The van der Waals surface area contributed by atoms with Crippen LogP contribution in [0.2, 0.25) is 5.02 Å². The van der Waals surface area contributed by atoms with Crippen LogP contribution in [-0.4, -0.2) is 23.4 Å². The van der Waals surface area contributed by atoms with E-state index in [2.05, 4.69) is 17.1 Å². The van der Waals surface area contributed by atoms with E-state index in [-0.39, 0.29) is 0 Å². The standard InChI is InChI=1S/C14H16ClN3O2/c1-2-8-12(9-7-17-18-14(9)16)10(15)6-11-13(8)20-5-3-4-19-11/h6-7H,2-5H2,1H3,(H3,16,17,18). The molecule has 0 saturated carbocycles. The molecule has 0 fully saturated rings. The molecule has 106 valence electrons. The molecule has 1 aromatic carbocycles. The summed E-state index contributed by atoms with van der Waals surface area (Å²) >= 11 is 6.43. The van der Waals surface area contributed by atoms with Gasteiger partial charge in [0.25, 0.3) is 0 Å². The number of nitrogen functional groups attached to an aromatic ring is 1. The molecule has 0 bridgehead atoms. The topological polar surface area (TPSA) is 73.2 Å². The van der Waals surface area contributed by atoms with Crippen molar-refractivity contribution in [3.63, 3.8) is 0 Å². The van der Waals surface area contributed by atoms with Gasteiger partial charge in [0.1, 0.15) is 5.82 Å². The SMILES string of the molecule is CCc1c2c(cc(Cl)c1-c1cn[nH]c1N)OCCCO2. The Morgan fingerprint density at radius 2 is 2.20 bits per heavy atom. The highest BCUT2D eigenvalue weighted by Crippen LogP contribution is 2.45. The van der Waals surface area contributed by atoms with Gasteiger partial charge in [0, 0.05) is 29.2 Å². The van der Waals surface area contributed by atoms with Gasteiger partial charge in [-0.2, -0.15) is 5.10 Å². The summed E-state index contributed by atoms with van der Waals surface area (Å²) < 4.78 is 11.6. The Labute approximate surface area is 122 Å². The molecule has 2 heterocycles. The number of benzene rings is 1. The van der Waals surface area contributed by atoms with Crippen LogP contribution >= 0.6 is 11.6 Å². The number of nitrogens with two attached hydrogens (primary N) is 1. The van der Waals surface area contributed by atoms with Crippen molar-refractivity contribution < 1.29 is 9.47 Å². The minimum absolute atomic E-state index is 0.496. The summed E-state index contributed by atoms with van der Waals surface area (Å²) in [6, 6.07) is 1.79. The quantitative estimate of drug-likeness (QED) is 0.892. The molecule has 0 aliphatic carbocycles. The maximum absolute atomic E-state index is 6.43. The van der Waals surface area contributed by atoms with E-state index in [1.165, 1.54) is 0 Å². The Kier molecular flexibility index (Phi) is 3.44. The molecule has 1 aliphatic rings. The predicted octanol–water partition coefficient (Wildman–Crippen LogP) is 3.04. The first-order valence-corrected chi connectivity index (χ1v) is 7.00. The molecule has 3 N–H and O–H groups in total.